The summed E-state index contributed by atoms with van der Waals surface area (Å²) in [7, 11) is -4.02. The second-order valence-electron chi connectivity index (χ2n) is 5.99. The van der Waals surface area contributed by atoms with Gasteiger partial charge in [0, 0.05) is 12.3 Å². The lowest BCUT2D eigenvalue weighted by Crippen LogP contribution is -2.17. The summed E-state index contributed by atoms with van der Waals surface area (Å²) in [6, 6.07) is 17.9. The topological polar surface area (TPSA) is 110 Å². The zero-order valence-corrected chi connectivity index (χ0v) is 15.6. The van der Waals surface area contributed by atoms with Gasteiger partial charge in [-0.05, 0) is 37.3 Å². The lowest BCUT2D eigenvalue weighted by Gasteiger charge is -2.00. The summed E-state index contributed by atoms with van der Waals surface area (Å²) >= 11 is 0. The number of carbonyl (C=O) groups is 1. The molecule has 1 N–H and O–H groups in total. The van der Waals surface area contributed by atoms with Gasteiger partial charge in [-0.3, -0.25) is 9.35 Å². The van der Waals surface area contributed by atoms with E-state index in [9.17, 15) is 18.4 Å². The van der Waals surface area contributed by atoms with Crippen molar-refractivity contribution in [1.82, 2.24) is 4.98 Å². The lowest BCUT2D eigenvalue weighted by molar-refractivity contribution is -0.355. The monoisotopic (exact) mass is 396 g/mol. The van der Waals surface area contributed by atoms with Crippen LogP contribution in [0.3, 0.4) is 0 Å². The van der Waals surface area contributed by atoms with Crippen molar-refractivity contribution >= 4 is 27.3 Å². The van der Waals surface area contributed by atoms with E-state index in [1.807, 2.05) is 6.92 Å². The molecular weight excluding hydrogens is 380 g/mol. The number of ketones is 1. The van der Waals surface area contributed by atoms with Crippen LogP contribution in [0, 0.1) is 12.1 Å². The third-order valence-electron chi connectivity index (χ3n) is 4.01. The Morgan fingerprint density at radius 1 is 0.964 bits per heavy atom. The number of fused-ring (bicyclic) bond motifs is 1. The highest BCUT2D eigenvalue weighted by molar-refractivity contribution is 7.85. The molecule has 142 valence electrons. The second-order valence-corrected chi connectivity index (χ2v) is 7.41. The van der Waals surface area contributed by atoms with Crippen LogP contribution in [0.1, 0.15) is 21.6 Å². The first-order valence-electron chi connectivity index (χ1n) is 8.22. The average molecular weight is 396 g/mol. The van der Waals surface area contributed by atoms with Crippen molar-refractivity contribution in [2.75, 3.05) is 0 Å². The molecule has 1 aromatic heterocycles. The minimum absolute atomic E-state index is 0.0666. The van der Waals surface area contributed by atoms with E-state index in [2.05, 4.69) is 4.98 Å². The van der Waals surface area contributed by atoms with Crippen LogP contribution in [-0.2, 0) is 10.1 Å². The average Bonchev–Trinajstić information content (AvgIpc) is 2.94. The summed E-state index contributed by atoms with van der Waals surface area (Å²) in [5, 5.41) is 12.0. The van der Waals surface area contributed by atoms with Gasteiger partial charge in [-0.25, -0.2) is 4.98 Å². The zero-order valence-electron chi connectivity index (χ0n) is 14.8. The Balaban J connectivity index is 0.000000178. The van der Waals surface area contributed by atoms with Crippen LogP contribution in [0.25, 0.3) is 0 Å². The number of nitrogens with zero attached hydrogens (tertiary/aromatic N) is 2. The predicted octanol–water partition coefficient (Wildman–Crippen LogP) is 3.15. The zero-order chi connectivity index (χ0) is 20.3. The van der Waals surface area contributed by atoms with Gasteiger partial charge in [-0.2, -0.15) is 13.2 Å². The van der Waals surface area contributed by atoms with Crippen molar-refractivity contribution in [3.8, 4) is 0 Å². The molecule has 0 atom stereocenters. The Hall–Kier alpha value is -3.36. The van der Waals surface area contributed by atoms with Gasteiger partial charge < -0.3 is 5.21 Å². The molecule has 0 saturated carbocycles. The van der Waals surface area contributed by atoms with E-state index < -0.39 is 10.1 Å². The van der Waals surface area contributed by atoms with E-state index >= 15 is 0 Å². The summed E-state index contributed by atoms with van der Waals surface area (Å²) in [6.07, 6.45) is 1.56. The van der Waals surface area contributed by atoms with E-state index in [1.165, 1.54) is 12.1 Å². The van der Waals surface area contributed by atoms with E-state index in [-0.39, 0.29) is 16.4 Å². The van der Waals surface area contributed by atoms with Gasteiger partial charge in [-0.15, -0.1) is 0 Å². The highest BCUT2D eigenvalue weighted by Crippen LogP contribution is 2.26. The van der Waals surface area contributed by atoms with Crippen LogP contribution in [0.15, 0.2) is 77.8 Å². The minimum Gasteiger partial charge on any atom is -0.618 e. The first-order valence-corrected chi connectivity index (χ1v) is 9.66. The fourth-order valence-electron chi connectivity index (χ4n) is 2.62. The molecule has 0 fully saturated rings. The first-order chi connectivity index (χ1) is 13.3. The van der Waals surface area contributed by atoms with Crippen molar-refractivity contribution in [2.45, 2.75) is 11.8 Å². The molecule has 0 radical (unpaired) electrons. The molecule has 1 aliphatic rings. The molecule has 28 heavy (non-hydrogen) atoms. The van der Waals surface area contributed by atoms with Gasteiger partial charge in [0.25, 0.3) is 21.6 Å². The molecule has 0 unspecified atom stereocenters. The number of Topliss-reactive ketones (excluding diaryl/α,β-unsaturated/α-hetero) is 1. The number of hydrogen-bond donors (Lipinski definition) is 1. The number of para-hydroxylation sites is 1. The molecule has 0 amide bonds. The largest absolute Gasteiger partial charge is 0.618 e. The fourth-order valence-corrected chi connectivity index (χ4v) is 3.10. The van der Waals surface area contributed by atoms with E-state index in [4.69, 9.17) is 4.55 Å². The van der Waals surface area contributed by atoms with Crippen molar-refractivity contribution in [1.29, 1.82) is 0 Å². The number of aromatic nitrogens is 1. The molecule has 2 aromatic carbocycles. The summed E-state index contributed by atoms with van der Waals surface area (Å²) in [5.41, 5.74) is 2.27. The number of aryl methyl sites for hydroxylation is 1. The lowest BCUT2D eigenvalue weighted by atomic mass is 10.1. The maximum absolute atomic E-state index is 12.1. The molecule has 3 aromatic rings. The maximum Gasteiger partial charge on any atom is 0.294 e. The summed E-state index contributed by atoms with van der Waals surface area (Å²) < 4.78 is 30.2. The molecule has 1 aliphatic heterocycles. The molecule has 0 aliphatic carbocycles. The third-order valence-corrected chi connectivity index (χ3v) is 4.88. The fraction of sp³-hybridized carbons (Fsp3) is 0.0500. The highest BCUT2D eigenvalue weighted by atomic mass is 32.2. The highest BCUT2D eigenvalue weighted by Gasteiger charge is 2.36. The van der Waals surface area contributed by atoms with Gasteiger partial charge in [0.1, 0.15) is 11.3 Å². The van der Waals surface area contributed by atoms with Crippen molar-refractivity contribution in [3.05, 3.63) is 95.0 Å². The molecule has 2 heterocycles. The number of rotatable bonds is 2. The van der Waals surface area contributed by atoms with Crippen LogP contribution in [-0.4, -0.2) is 34.2 Å². The number of hydrogen-bond acceptors (Lipinski definition) is 5. The Morgan fingerprint density at radius 2 is 1.61 bits per heavy atom. The Labute approximate surface area is 162 Å². The molecule has 7 nitrogen and oxygen atoms in total. The van der Waals surface area contributed by atoms with Crippen LogP contribution in [0.4, 0.5) is 5.69 Å². The number of benzene rings is 2. The van der Waals surface area contributed by atoms with Gasteiger partial charge in [0.05, 0.1) is 4.90 Å². The maximum atomic E-state index is 12.1. The molecule has 0 spiro atoms. The van der Waals surface area contributed by atoms with Gasteiger partial charge in [0.2, 0.25) is 5.69 Å². The Bertz CT molecular complexity index is 1150. The third kappa shape index (κ3) is 3.98. The quantitative estimate of drug-likeness (QED) is 0.405. The number of pyridine rings is 1. The van der Waals surface area contributed by atoms with Gasteiger partial charge in [0.15, 0.2) is 0 Å². The molecule has 0 bridgehead atoms. The SMILES string of the molecule is Cc1ccc(S(=O)(=O)O)cc1.O=C1C(c2ccccn2)=[N+]([O-])c2ccccc21. The van der Waals surface area contributed by atoms with Gasteiger partial charge >= 0.3 is 0 Å². The van der Waals surface area contributed by atoms with E-state index in [1.54, 1.807) is 60.8 Å². The molecule has 4 rings (SSSR count). The van der Waals surface area contributed by atoms with Crippen LogP contribution in [0.2, 0.25) is 0 Å². The van der Waals surface area contributed by atoms with Crippen LogP contribution in [0.5, 0.6) is 0 Å². The minimum atomic E-state index is -4.02. The smallest absolute Gasteiger partial charge is 0.294 e. The first kappa shape index (κ1) is 19.4. The normalized spacial score (nSPS) is 13.0. The van der Waals surface area contributed by atoms with Crippen molar-refractivity contribution in [3.63, 3.8) is 0 Å². The van der Waals surface area contributed by atoms with Crippen molar-refractivity contribution in [2.24, 2.45) is 0 Å². The van der Waals surface area contributed by atoms with E-state index in [0.717, 1.165) is 5.56 Å². The summed E-state index contributed by atoms with van der Waals surface area (Å²) in [4.78, 5) is 16.1. The second kappa shape index (κ2) is 7.71. The van der Waals surface area contributed by atoms with Crippen LogP contribution >= 0.6 is 0 Å². The Morgan fingerprint density at radius 3 is 2.18 bits per heavy atom. The predicted molar refractivity (Wildman–Crippen MR) is 103 cm³/mol. The number of carbonyl (C=O) groups excluding carboxylic acids is 1. The van der Waals surface area contributed by atoms with E-state index in [0.29, 0.717) is 21.7 Å². The van der Waals surface area contributed by atoms with Crippen molar-refractivity contribution < 1.29 is 22.5 Å². The summed E-state index contributed by atoms with van der Waals surface area (Å²) in [6.45, 7) is 1.84. The summed E-state index contributed by atoms with van der Waals surface area (Å²) in [5.74, 6) is -0.269. The molecular formula is C20H16N2O5S. The van der Waals surface area contributed by atoms with Gasteiger partial charge in [-0.1, -0.05) is 35.9 Å². The standard InChI is InChI=1S/C13H8N2O2.C7H8O3S/c16-13-9-5-1-2-7-11(9)15(17)12(13)10-6-3-4-8-14-10;1-6-2-4-7(5-3-6)11(8,9)10/h1-8H;2-5H,1H3,(H,8,9,10). The molecule has 8 heteroatoms. The Kier molecular flexibility index (Phi) is 5.34. The van der Waals surface area contributed by atoms with Crippen LogP contribution < -0.4 is 0 Å². The molecule has 0 saturated heterocycles.